The first-order valence-electron chi connectivity index (χ1n) is 11.9. The molecule has 0 aliphatic heterocycles. The van der Waals surface area contributed by atoms with Crippen molar-refractivity contribution in [2.45, 2.75) is 84.0 Å². The summed E-state index contributed by atoms with van der Waals surface area (Å²) in [5.74, 6) is 3.64. The predicted molar refractivity (Wildman–Crippen MR) is 122 cm³/mol. The van der Waals surface area contributed by atoms with Gasteiger partial charge in [0.15, 0.2) is 0 Å². The van der Waals surface area contributed by atoms with Crippen LogP contribution >= 0.6 is 0 Å². The summed E-state index contributed by atoms with van der Waals surface area (Å²) in [6.07, 6.45) is 13.9. The van der Waals surface area contributed by atoms with Crippen molar-refractivity contribution in [3.63, 3.8) is 0 Å². The fourth-order valence-corrected chi connectivity index (χ4v) is 5.39. The van der Waals surface area contributed by atoms with Crippen molar-refractivity contribution in [1.29, 1.82) is 0 Å². The average Bonchev–Trinajstić information content (AvgIpc) is 2.74. The van der Waals surface area contributed by atoms with Gasteiger partial charge in [0.2, 0.25) is 0 Å². The van der Waals surface area contributed by atoms with Gasteiger partial charge in [0, 0.05) is 0 Å². The van der Waals surface area contributed by atoms with Crippen molar-refractivity contribution >= 4 is 0 Å². The Bertz CT molecular complexity index is 708. The molecule has 0 unspecified atom stereocenters. The van der Waals surface area contributed by atoms with E-state index < -0.39 is 0 Å². The van der Waals surface area contributed by atoms with E-state index in [0.29, 0.717) is 0 Å². The van der Waals surface area contributed by atoms with Gasteiger partial charge in [-0.05, 0) is 71.6 Å². The zero-order chi connectivity index (χ0) is 19.3. The molecule has 0 radical (unpaired) electrons. The zero-order valence-corrected chi connectivity index (χ0v) is 18.0. The second-order valence-electron chi connectivity index (χ2n) is 9.94. The number of aryl methyl sites for hydroxylation is 1. The zero-order valence-electron chi connectivity index (χ0n) is 18.0. The normalized spacial score (nSPS) is 28.2. The van der Waals surface area contributed by atoms with Crippen LogP contribution in [0.15, 0.2) is 48.5 Å². The molecule has 0 heteroatoms. The smallest absolute Gasteiger partial charge is 0.0162 e. The van der Waals surface area contributed by atoms with Crippen molar-refractivity contribution in [3.05, 3.63) is 59.7 Å². The fourth-order valence-electron chi connectivity index (χ4n) is 5.39. The Balaban J connectivity index is 1.32. The van der Waals surface area contributed by atoms with Crippen LogP contribution in [-0.4, -0.2) is 0 Å². The van der Waals surface area contributed by atoms with Crippen LogP contribution in [0.2, 0.25) is 0 Å². The van der Waals surface area contributed by atoms with Crippen LogP contribution in [0.25, 0.3) is 11.1 Å². The highest BCUT2D eigenvalue weighted by Gasteiger charge is 2.20. The van der Waals surface area contributed by atoms with E-state index >= 15 is 0 Å². The molecule has 0 atom stereocenters. The van der Waals surface area contributed by atoms with E-state index in [2.05, 4.69) is 62.4 Å². The molecule has 0 heterocycles. The predicted octanol–water partition coefficient (Wildman–Crippen LogP) is 8.41. The van der Waals surface area contributed by atoms with Gasteiger partial charge >= 0.3 is 0 Å². The lowest BCUT2D eigenvalue weighted by molar-refractivity contribution is 0.278. The molecule has 2 aliphatic rings. The lowest BCUT2D eigenvalue weighted by atomic mass is 9.79. The number of hydrogen-bond acceptors (Lipinski definition) is 0. The Morgan fingerprint density at radius 2 is 1.11 bits per heavy atom. The van der Waals surface area contributed by atoms with Crippen LogP contribution in [0.5, 0.6) is 0 Å². The minimum atomic E-state index is 0.787. The molecule has 0 N–H and O–H groups in total. The molecule has 2 aliphatic carbocycles. The highest BCUT2D eigenvalue weighted by Crippen LogP contribution is 2.36. The highest BCUT2D eigenvalue weighted by molar-refractivity contribution is 5.64. The van der Waals surface area contributed by atoms with E-state index in [1.807, 2.05) is 0 Å². The van der Waals surface area contributed by atoms with Gasteiger partial charge in [-0.3, -0.25) is 0 Å². The molecular formula is C28H38. The van der Waals surface area contributed by atoms with Crippen LogP contribution in [0, 0.1) is 17.8 Å². The highest BCUT2D eigenvalue weighted by atomic mass is 14.2. The van der Waals surface area contributed by atoms with Crippen molar-refractivity contribution < 1.29 is 0 Å². The van der Waals surface area contributed by atoms with Crippen LogP contribution < -0.4 is 0 Å². The Kier molecular flexibility index (Phi) is 6.55. The lowest BCUT2D eigenvalue weighted by Gasteiger charge is -2.26. The Labute approximate surface area is 172 Å². The quantitative estimate of drug-likeness (QED) is 0.493. The molecule has 2 aromatic carbocycles. The Hall–Kier alpha value is -1.56. The van der Waals surface area contributed by atoms with Crippen LogP contribution in [-0.2, 0) is 6.42 Å². The maximum Gasteiger partial charge on any atom is -0.0162 e. The summed E-state index contributed by atoms with van der Waals surface area (Å²) < 4.78 is 0. The van der Waals surface area contributed by atoms with Crippen LogP contribution in [0.4, 0.5) is 0 Å². The van der Waals surface area contributed by atoms with E-state index in [0.717, 1.165) is 23.7 Å². The van der Waals surface area contributed by atoms with Gasteiger partial charge in [0.25, 0.3) is 0 Å². The van der Waals surface area contributed by atoms with Gasteiger partial charge < -0.3 is 0 Å². The second kappa shape index (κ2) is 9.29. The maximum atomic E-state index is 2.41. The molecule has 0 bridgehead atoms. The van der Waals surface area contributed by atoms with Crippen LogP contribution in [0.1, 0.15) is 88.7 Å². The number of benzene rings is 2. The van der Waals surface area contributed by atoms with E-state index in [4.69, 9.17) is 0 Å². The summed E-state index contributed by atoms with van der Waals surface area (Å²) in [7, 11) is 0. The summed E-state index contributed by atoms with van der Waals surface area (Å²) in [6, 6.07) is 18.8. The summed E-state index contributed by atoms with van der Waals surface area (Å²) in [5.41, 5.74) is 5.78. The molecule has 0 saturated heterocycles. The monoisotopic (exact) mass is 374 g/mol. The van der Waals surface area contributed by atoms with Gasteiger partial charge in [-0.1, -0.05) is 101 Å². The first-order chi connectivity index (χ1) is 13.7. The third-order valence-electron chi connectivity index (χ3n) is 7.66. The average molecular weight is 375 g/mol. The van der Waals surface area contributed by atoms with E-state index in [-0.39, 0.29) is 0 Å². The first-order valence-corrected chi connectivity index (χ1v) is 11.9. The van der Waals surface area contributed by atoms with Crippen molar-refractivity contribution in [3.8, 4) is 11.1 Å². The van der Waals surface area contributed by atoms with Gasteiger partial charge in [0.05, 0.1) is 0 Å². The summed E-state index contributed by atoms with van der Waals surface area (Å²) in [4.78, 5) is 0. The Morgan fingerprint density at radius 1 is 0.607 bits per heavy atom. The Morgan fingerprint density at radius 3 is 1.68 bits per heavy atom. The molecule has 0 amide bonds. The van der Waals surface area contributed by atoms with E-state index in [1.54, 1.807) is 5.56 Å². The SMILES string of the molecule is CC1CCC(CCc2ccc(-c3ccc(C4CCC(C)CC4)cc3)cc2)CC1. The summed E-state index contributed by atoms with van der Waals surface area (Å²) in [5, 5.41) is 0. The number of rotatable bonds is 5. The fraction of sp³-hybridized carbons (Fsp3) is 0.571. The standard InChI is InChI=1S/C28H38/c1-21-3-7-23(8-4-21)9-10-24-11-15-26(16-12-24)28-19-17-27(18-20-28)25-13-5-22(2)6-14-25/h11-12,15-23,25H,3-10,13-14H2,1-2H3. The molecule has 150 valence electrons. The van der Waals surface area contributed by atoms with Crippen molar-refractivity contribution in [2.75, 3.05) is 0 Å². The molecule has 0 aromatic heterocycles. The lowest BCUT2D eigenvalue weighted by Crippen LogP contribution is -2.12. The van der Waals surface area contributed by atoms with Crippen molar-refractivity contribution in [2.24, 2.45) is 17.8 Å². The van der Waals surface area contributed by atoms with Gasteiger partial charge in [-0.25, -0.2) is 0 Å². The molecule has 2 fully saturated rings. The van der Waals surface area contributed by atoms with Gasteiger partial charge in [0.1, 0.15) is 0 Å². The van der Waals surface area contributed by atoms with E-state index in [9.17, 15) is 0 Å². The molecule has 0 nitrogen and oxygen atoms in total. The van der Waals surface area contributed by atoms with Gasteiger partial charge in [-0.2, -0.15) is 0 Å². The summed E-state index contributed by atoms with van der Waals surface area (Å²) in [6.45, 7) is 4.82. The molecule has 28 heavy (non-hydrogen) atoms. The van der Waals surface area contributed by atoms with Crippen molar-refractivity contribution in [1.82, 2.24) is 0 Å². The first kappa shape index (κ1) is 19.7. The minimum absolute atomic E-state index is 0.787. The van der Waals surface area contributed by atoms with Crippen LogP contribution in [0.3, 0.4) is 0 Å². The maximum absolute atomic E-state index is 2.41. The molecule has 4 rings (SSSR count). The minimum Gasteiger partial charge on any atom is -0.0625 e. The summed E-state index contributed by atoms with van der Waals surface area (Å²) >= 11 is 0. The molecule has 0 spiro atoms. The molecular weight excluding hydrogens is 336 g/mol. The largest absolute Gasteiger partial charge is 0.0625 e. The van der Waals surface area contributed by atoms with Gasteiger partial charge in [-0.15, -0.1) is 0 Å². The third kappa shape index (κ3) is 5.07. The number of hydrogen-bond donors (Lipinski definition) is 0. The molecule has 2 saturated carbocycles. The second-order valence-corrected chi connectivity index (χ2v) is 9.94. The van der Waals surface area contributed by atoms with E-state index in [1.165, 1.54) is 80.9 Å². The topological polar surface area (TPSA) is 0 Å². The molecule has 2 aromatic rings. The third-order valence-corrected chi connectivity index (χ3v) is 7.66.